The highest BCUT2D eigenvalue weighted by atomic mass is 32.1. The van der Waals surface area contributed by atoms with Gasteiger partial charge in [0.05, 0.1) is 6.04 Å². The van der Waals surface area contributed by atoms with Crippen molar-refractivity contribution in [3.05, 3.63) is 34.6 Å². The Bertz CT molecular complexity index is 841. The van der Waals surface area contributed by atoms with E-state index >= 15 is 0 Å². The van der Waals surface area contributed by atoms with E-state index in [9.17, 15) is 4.79 Å². The maximum absolute atomic E-state index is 12.3. The first-order chi connectivity index (χ1) is 13.3. The topological polar surface area (TPSA) is 113 Å². The molecule has 1 fully saturated rings. The molecule has 142 valence electrons. The number of carbonyl (C=O) groups is 1. The molecule has 1 aliphatic rings. The normalized spacial score (nSPS) is 15.9. The van der Waals surface area contributed by atoms with Crippen LogP contribution >= 0.6 is 11.3 Å². The van der Waals surface area contributed by atoms with Gasteiger partial charge in [-0.2, -0.15) is 10.1 Å². The summed E-state index contributed by atoms with van der Waals surface area (Å²) < 4.78 is 5.17. The molecule has 27 heavy (non-hydrogen) atoms. The third-order valence-electron chi connectivity index (χ3n) is 4.61. The molecule has 4 rings (SSSR count). The van der Waals surface area contributed by atoms with E-state index in [0.717, 1.165) is 13.1 Å². The Morgan fingerprint density at radius 2 is 2.30 bits per heavy atom. The maximum atomic E-state index is 12.3. The first-order valence-corrected chi connectivity index (χ1v) is 9.90. The Labute approximate surface area is 160 Å². The quantitative estimate of drug-likeness (QED) is 0.606. The Morgan fingerprint density at radius 3 is 3.04 bits per heavy atom. The van der Waals surface area contributed by atoms with Crippen molar-refractivity contribution >= 4 is 17.2 Å². The largest absolute Gasteiger partial charge is 0.354 e. The second kappa shape index (κ2) is 8.40. The molecule has 0 radical (unpaired) electrons. The molecule has 1 unspecified atom stereocenters. The van der Waals surface area contributed by atoms with E-state index in [4.69, 9.17) is 4.52 Å². The monoisotopic (exact) mass is 387 g/mol. The number of thiophene rings is 1. The maximum Gasteiger partial charge on any atom is 0.239 e. The number of nitrogens with one attached hydrogen (secondary N) is 2. The van der Waals surface area contributed by atoms with E-state index in [1.54, 1.807) is 11.3 Å². The fourth-order valence-electron chi connectivity index (χ4n) is 3.23. The van der Waals surface area contributed by atoms with E-state index < -0.39 is 0 Å². The minimum Gasteiger partial charge on any atom is -0.354 e. The van der Waals surface area contributed by atoms with E-state index in [1.165, 1.54) is 24.0 Å². The minimum atomic E-state index is -0.0184. The molecule has 2 N–H and O–H groups in total. The molecule has 3 aromatic heterocycles. The van der Waals surface area contributed by atoms with Crippen molar-refractivity contribution in [3.8, 4) is 11.6 Å². The molecule has 0 bridgehead atoms. The minimum absolute atomic E-state index is 0.0184. The van der Waals surface area contributed by atoms with E-state index in [2.05, 4.69) is 53.1 Å². The van der Waals surface area contributed by atoms with E-state index in [1.807, 2.05) is 0 Å². The van der Waals surface area contributed by atoms with Gasteiger partial charge in [-0.05, 0) is 37.4 Å². The van der Waals surface area contributed by atoms with Crippen molar-refractivity contribution in [3.63, 3.8) is 0 Å². The van der Waals surface area contributed by atoms with Crippen LogP contribution in [-0.4, -0.2) is 55.8 Å². The molecule has 10 heteroatoms. The first kappa shape index (κ1) is 17.8. The van der Waals surface area contributed by atoms with Crippen molar-refractivity contribution in [1.29, 1.82) is 0 Å². The molecule has 4 heterocycles. The van der Waals surface area contributed by atoms with Gasteiger partial charge in [-0.25, -0.2) is 4.98 Å². The van der Waals surface area contributed by atoms with Crippen molar-refractivity contribution in [2.24, 2.45) is 0 Å². The Kier molecular flexibility index (Phi) is 5.54. The third kappa shape index (κ3) is 4.40. The summed E-state index contributed by atoms with van der Waals surface area (Å²) in [6.45, 7) is 2.79. The molecule has 1 atom stereocenters. The van der Waals surface area contributed by atoms with Crippen LogP contribution in [0, 0.1) is 0 Å². The number of carbonyl (C=O) groups excluding carboxylic acids is 1. The second-order valence-corrected chi connectivity index (χ2v) is 7.40. The highest BCUT2D eigenvalue weighted by Gasteiger charge is 2.24. The summed E-state index contributed by atoms with van der Waals surface area (Å²) in [7, 11) is 0. The van der Waals surface area contributed by atoms with Crippen LogP contribution in [-0.2, 0) is 11.2 Å². The van der Waals surface area contributed by atoms with Crippen LogP contribution in [0.4, 0.5) is 0 Å². The average Bonchev–Trinajstić information content (AvgIpc) is 3.49. The summed E-state index contributed by atoms with van der Waals surface area (Å²) in [6, 6.07) is 4.45. The van der Waals surface area contributed by atoms with Crippen molar-refractivity contribution in [2.45, 2.75) is 31.7 Å². The number of H-pyrrole nitrogens is 1. The molecule has 0 aliphatic carbocycles. The Balaban J connectivity index is 1.28. The number of nitrogens with zero attached hydrogens (tertiary/aromatic N) is 5. The van der Waals surface area contributed by atoms with Gasteiger partial charge in [-0.15, -0.1) is 11.3 Å². The summed E-state index contributed by atoms with van der Waals surface area (Å²) in [4.78, 5) is 24.2. The zero-order valence-corrected chi connectivity index (χ0v) is 15.6. The van der Waals surface area contributed by atoms with Crippen LogP contribution in [0.1, 0.15) is 36.1 Å². The number of aryl methyl sites for hydroxylation is 1. The molecular formula is C17H21N7O2S. The van der Waals surface area contributed by atoms with Crippen molar-refractivity contribution in [1.82, 2.24) is 35.5 Å². The molecule has 3 aromatic rings. The first-order valence-electron chi connectivity index (χ1n) is 9.02. The molecule has 0 aromatic carbocycles. The molecule has 1 amide bonds. The van der Waals surface area contributed by atoms with Gasteiger partial charge < -0.3 is 9.84 Å². The molecule has 1 aliphatic heterocycles. The molecular weight excluding hydrogens is 366 g/mol. The number of rotatable bonds is 8. The van der Waals surface area contributed by atoms with Crippen LogP contribution in [0.2, 0.25) is 0 Å². The smallest absolute Gasteiger partial charge is 0.239 e. The highest BCUT2D eigenvalue weighted by Crippen LogP contribution is 2.27. The number of hydrogen-bond donors (Lipinski definition) is 2. The molecule has 0 spiro atoms. The van der Waals surface area contributed by atoms with Crippen LogP contribution in [0.25, 0.3) is 11.6 Å². The zero-order valence-electron chi connectivity index (χ0n) is 14.8. The summed E-state index contributed by atoms with van der Waals surface area (Å²) in [5.41, 5.74) is 0. The van der Waals surface area contributed by atoms with Gasteiger partial charge in [-0.3, -0.25) is 14.8 Å². The number of likely N-dealkylation sites (tertiary alicyclic amines) is 1. The SMILES string of the molecule is O=C(CCc1nc(-c2ncn[nH]2)no1)NCC(c1cccs1)N1CCCC1. The van der Waals surface area contributed by atoms with E-state index in [0.29, 0.717) is 36.9 Å². The lowest BCUT2D eigenvalue weighted by atomic mass is 10.2. The Morgan fingerprint density at radius 1 is 1.41 bits per heavy atom. The van der Waals surface area contributed by atoms with Gasteiger partial charge in [0.15, 0.2) is 5.82 Å². The lowest BCUT2D eigenvalue weighted by Crippen LogP contribution is -2.36. The fraction of sp³-hybridized carbons (Fsp3) is 0.471. The fourth-order valence-corrected chi connectivity index (χ4v) is 4.09. The van der Waals surface area contributed by atoms with Crippen LogP contribution < -0.4 is 5.32 Å². The summed E-state index contributed by atoms with van der Waals surface area (Å²) in [5.74, 6) is 1.18. The van der Waals surface area contributed by atoms with Crippen LogP contribution in [0.15, 0.2) is 28.4 Å². The summed E-state index contributed by atoms with van der Waals surface area (Å²) in [6.07, 6.45) is 4.51. The predicted molar refractivity (Wildman–Crippen MR) is 98.9 cm³/mol. The van der Waals surface area contributed by atoms with Gasteiger partial charge >= 0.3 is 0 Å². The van der Waals surface area contributed by atoms with Crippen LogP contribution in [0.3, 0.4) is 0 Å². The standard InChI is InChI=1S/C17H21N7O2S/c25-14(5-6-15-21-17(23-26-15)16-19-11-20-22-16)18-10-12(13-4-3-9-27-13)24-7-1-2-8-24/h3-4,9,11-12H,1-2,5-8,10H2,(H,18,25)(H,19,20,22). The Hall–Kier alpha value is -2.59. The van der Waals surface area contributed by atoms with Gasteiger partial charge in [0, 0.05) is 24.3 Å². The predicted octanol–water partition coefficient (Wildman–Crippen LogP) is 1.80. The average molecular weight is 387 g/mol. The summed E-state index contributed by atoms with van der Waals surface area (Å²) >= 11 is 1.74. The van der Waals surface area contributed by atoms with Gasteiger partial charge in [0.25, 0.3) is 0 Å². The molecule has 9 nitrogen and oxygen atoms in total. The third-order valence-corrected chi connectivity index (χ3v) is 5.58. The lowest BCUT2D eigenvalue weighted by Gasteiger charge is -2.26. The summed E-state index contributed by atoms with van der Waals surface area (Å²) in [5, 5.41) is 15.4. The number of amides is 1. The highest BCUT2D eigenvalue weighted by molar-refractivity contribution is 7.10. The van der Waals surface area contributed by atoms with Gasteiger partial charge in [0.2, 0.25) is 17.6 Å². The molecule has 1 saturated heterocycles. The lowest BCUT2D eigenvalue weighted by molar-refractivity contribution is -0.121. The molecule has 0 saturated carbocycles. The van der Waals surface area contributed by atoms with Crippen LogP contribution in [0.5, 0.6) is 0 Å². The number of hydrogen-bond acceptors (Lipinski definition) is 8. The van der Waals surface area contributed by atoms with Crippen molar-refractivity contribution in [2.75, 3.05) is 19.6 Å². The van der Waals surface area contributed by atoms with Gasteiger partial charge in [-0.1, -0.05) is 11.2 Å². The van der Waals surface area contributed by atoms with Crippen molar-refractivity contribution < 1.29 is 9.32 Å². The van der Waals surface area contributed by atoms with Gasteiger partial charge in [0.1, 0.15) is 6.33 Å². The zero-order chi connectivity index (χ0) is 18.5. The number of aromatic amines is 1. The van der Waals surface area contributed by atoms with E-state index in [-0.39, 0.29) is 11.9 Å². The second-order valence-electron chi connectivity index (χ2n) is 6.42. The number of aromatic nitrogens is 5.